The van der Waals surface area contributed by atoms with Gasteiger partial charge in [0.1, 0.15) is 5.75 Å². The summed E-state index contributed by atoms with van der Waals surface area (Å²) in [6.45, 7) is 0. The second kappa shape index (κ2) is 4.47. The van der Waals surface area contributed by atoms with Crippen molar-refractivity contribution < 1.29 is 9.90 Å². The summed E-state index contributed by atoms with van der Waals surface area (Å²) in [7, 11) is 0. The molecule has 0 heterocycles. The summed E-state index contributed by atoms with van der Waals surface area (Å²) in [5.74, 6) is 0.368. The van der Waals surface area contributed by atoms with Crippen LogP contribution in [0.2, 0.25) is 0 Å². The van der Waals surface area contributed by atoms with Gasteiger partial charge in [0.25, 0.3) is 0 Å². The lowest BCUT2D eigenvalue weighted by Crippen LogP contribution is -2.17. The van der Waals surface area contributed by atoms with Crippen LogP contribution < -0.4 is 0 Å². The lowest BCUT2D eigenvalue weighted by Gasteiger charge is -2.20. The molecule has 1 aromatic rings. The van der Waals surface area contributed by atoms with Crippen molar-refractivity contribution in [2.75, 3.05) is 0 Å². The van der Waals surface area contributed by atoms with E-state index in [9.17, 15) is 9.90 Å². The first-order valence-electron chi connectivity index (χ1n) is 5.61. The quantitative estimate of drug-likeness (QED) is 0.751. The van der Waals surface area contributed by atoms with Crippen molar-refractivity contribution >= 4 is 5.78 Å². The monoisotopic (exact) mass is 204 g/mol. The smallest absolute Gasteiger partial charge is 0.169 e. The molecule has 15 heavy (non-hydrogen) atoms. The molecule has 1 N–H and O–H groups in total. The van der Waals surface area contributed by atoms with Gasteiger partial charge in [-0.15, -0.1) is 0 Å². The van der Waals surface area contributed by atoms with Crippen LogP contribution >= 0.6 is 0 Å². The maximum absolute atomic E-state index is 12.1. The van der Waals surface area contributed by atoms with Gasteiger partial charge in [0.15, 0.2) is 5.78 Å². The average molecular weight is 204 g/mol. The Labute approximate surface area is 89.9 Å². The molecule has 1 aliphatic carbocycles. The molecule has 0 saturated heterocycles. The Morgan fingerprint density at radius 3 is 2.47 bits per heavy atom. The number of para-hydroxylation sites is 1. The van der Waals surface area contributed by atoms with Gasteiger partial charge in [0, 0.05) is 5.92 Å². The molecule has 0 aliphatic heterocycles. The van der Waals surface area contributed by atoms with Crippen molar-refractivity contribution in [1.82, 2.24) is 0 Å². The van der Waals surface area contributed by atoms with E-state index in [0.29, 0.717) is 5.56 Å². The third-order valence-corrected chi connectivity index (χ3v) is 3.15. The molecule has 2 nitrogen and oxygen atoms in total. The van der Waals surface area contributed by atoms with Gasteiger partial charge >= 0.3 is 0 Å². The van der Waals surface area contributed by atoms with Crippen molar-refractivity contribution in [3.63, 3.8) is 0 Å². The van der Waals surface area contributed by atoms with E-state index in [1.165, 1.54) is 6.42 Å². The Morgan fingerprint density at radius 1 is 1.13 bits per heavy atom. The van der Waals surface area contributed by atoms with Crippen molar-refractivity contribution in [3.8, 4) is 5.75 Å². The second-order valence-corrected chi connectivity index (χ2v) is 4.22. The Kier molecular flexibility index (Phi) is 3.05. The van der Waals surface area contributed by atoms with E-state index in [1.807, 2.05) is 0 Å². The molecule has 0 aromatic heterocycles. The molecule has 80 valence electrons. The number of benzene rings is 1. The van der Waals surface area contributed by atoms with Gasteiger partial charge in [-0.25, -0.2) is 0 Å². The average Bonchev–Trinajstić information content (AvgIpc) is 2.30. The molecule has 2 heteroatoms. The van der Waals surface area contributed by atoms with Gasteiger partial charge < -0.3 is 5.11 Å². The molecule has 0 bridgehead atoms. The van der Waals surface area contributed by atoms with Crippen molar-refractivity contribution in [2.24, 2.45) is 5.92 Å². The number of phenolic OH excluding ortho intramolecular Hbond substituents is 1. The zero-order valence-electron chi connectivity index (χ0n) is 8.78. The highest BCUT2D eigenvalue weighted by molar-refractivity contribution is 6.00. The number of ketones is 1. The Morgan fingerprint density at radius 2 is 1.80 bits per heavy atom. The van der Waals surface area contributed by atoms with Crippen LogP contribution in [0.25, 0.3) is 0 Å². The fourth-order valence-corrected chi connectivity index (χ4v) is 2.27. The van der Waals surface area contributed by atoms with E-state index in [2.05, 4.69) is 0 Å². The van der Waals surface area contributed by atoms with Gasteiger partial charge in [-0.05, 0) is 25.0 Å². The summed E-state index contributed by atoms with van der Waals surface area (Å²) in [5.41, 5.74) is 0.490. The van der Waals surface area contributed by atoms with E-state index < -0.39 is 0 Å². The Hall–Kier alpha value is -1.31. The lowest BCUT2D eigenvalue weighted by molar-refractivity contribution is 0.0887. The van der Waals surface area contributed by atoms with E-state index >= 15 is 0 Å². The third-order valence-electron chi connectivity index (χ3n) is 3.15. The summed E-state index contributed by atoms with van der Waals surface area (Å²) in [5, 5.41) is 9.59. The fraction of sp³-hybridized carbons (Fsp3) is 0.462. The molecular formula is C13H16O2. The number of aromatic hydroxyl groups is 1. The molecule has 0 atom stereocenters. The zero-order chi connectivity index (χ0) is 10.7. The number of hydrogen-bond acceptors (Lipinski definition) is 2. The van der Waals surface area contributed by atoms with Crippen LogP contribution in [0.3, 0.4) is 0 Å². The SMILES string of the molecule is O=C(c1ccccc1O)C1CCCCC1. The van der Waals surface area contributed by atoms with E-state index in [1.54, 1.807) is 24.3 Å². The molecule has 0 radical (unpaired) electrons. The Balaban J connectivity index is 2.16. The molecule has 1 fully saturated rings. The van der Waals surface area contributed by atoms with Crippen LogP contribution in [-0.4, -0.2) is 10.9 Å². The first-order valence-corrected chi connectivity index (χ1v) is 5.61. The number of hydrogen-bond donors (Lipinski definition) is 1. The summed E-state index contributed by atoms with van der Waals surface area (Å²) in [6.07, 6.45) is 5.49. The Bertz CT molecular complexity index is 351. The molecule has 0 unspecified atom stereocenters. The van der Waals surface area contributed by atoms with Crippen LogP contribution in [0.1, 0.15) is 42.5 Å². The number of Topliss-reactive ketones (excluding diaryl/α,β-unsaturated/α-hetero) is 1. The van der Waals surface area contributed by atoms with Gasteiger partial charge in [-0.2, -0.15) is 0 Å². The largest absolute Gasteiger partial charge is 0.507 e. The third kappa shape index (κ3) is 2.20. The highest BCUT2D eigenvalue weighted by Gasteiger charge is 2.23. The number of phenols is 1. The maximum atomic E-state index is 12.1. The van der Waals surface area contributed by atoms with Crippen LogP contribution in [0.5, 0.6) is 5.75 Å². The van der Waals surface area contributed by atoms with Crippen LogP contribution in [0.4, 0.5) is 0 Å². The van der Waals surface area contributed by atoms with Gasteiger partial charge in [0.05, 0.1) is 5.56 Å². The van der Waals surface area contributed by atoms with E-state index in [4.69, 9.17) is 0 Å². The van der Waals surface area contributed by atoms with E-state index in [0.717, 1.165) is 25.7 Å². The van der Waals surface area contributed by atoms with Crippen LogP contribution in [-0.2, 0) is 0 Å². The van der Waals surface area contributed by atoms with Gasteiger partial charge in [-0.3, -0.25) is 4.79 Å². The molecule has 0 spiro atoms. The van der Waals surface area contributed by atoms with Crippen molar-refractivity contribution in [3.05, 3.63) is 29.8 Å². The lowest BCUT2D eigenvalue weighted by atomic mass is 9.84. The second-order valence-electron chi connectivity index (χ2n) is 4.22. The molecule has 1 saturated carbocycles. The van der Waals surface area contributed by atoms with Crippen LogP contribution in [0, 0.1) is 5.92 Å². The first-order chi connectivity index (χ1) is 7.29. The van der Waals surface area contributed by atoms with Gasteiger partial charge in [-0.1, -0.05) is 31.4 Å². The summed E-state index contributed by atoms with van der Waals surface area (Å²) in [4.78, 5) is 12.1. The standard InChI is InChI=1S/C13H16O2/c14-12-9-5-4-8-11(12)13(15)10-6-2-1-3-7-10/h4-5,8-10,14H,1-3,6-7H2. The highest BCUT2D eigenvalue weighted by Crippen LogP contribution is 2.29. The molecule has 1 aromatic carbocycles. The molecule has 1 aliphatic rings. The molecular weight excluding hydrogens is 188 g/mol. The number of carbonyl (C=O) groups is 1. The van der Waals surface area contributed by atoms with Crippen LogP contribution in [0.15, 0.2) is 24.3 Å². The minimum atomic E-state index is 0.118. The fourth-order valence-electron chi connectivity index (χ4n) is 2.27. The van der Waals surface area contributed by atoms with E-state index in [-0.39, 0.29) is 17.5 Å². The minimum Gasteiger partial charge on any atom is -0.507 e. The normalized spacial score (nSPS) is 17.6. The predicted molar refractivity (Wildman–Crippen MR) is 59.0 cm³/mol. The predicted octanol–water partition coefficient (Wildman–Crippen LogP) is 3.16. The highest BCUT2D eigenvalue weighted by atomic mass is 16.3. The zero-order valence-corrected chi connectivity index (χ0v) is 8.78. The summed E-state index contributed by atoms with van der Waals surface area (Å²) >= 11 is 0. The molecule has 2 rings (SSSR count). The first kappa shape index (κ1) is 10.2. The number of rotatable bonds is 2. The summed E-state index contributed by atoms with van der Waals surface area (Å²) < 4.78 is 0. The molecule has 0 amide bonds. The maximum Gasteiger partial charge on any atom is 0.169 e. The van der Waals surface area contributed by atoms with Crippen molar-refractivity contribution in [2.45, 2.75) is 32.1 Å². The summed E-state index contributed by atoms with van der Waals surface area (Å²) in [6, 6.07) is 6.84. The van der Waals surface area contributed by atoms with Crippen molar-refractivity contribution in [1.29, 1.82) is 0 Å². The number of carbonyl (C=O) groups excluding carboxylic acids is 1. The minimum absolute atomic E-state index is 0.118. The topological polar surface area (TPSA) is 37.3 Å². The van der Waals surface area contributed by atoms with Gasteiger partial charge in [0.2, 0.25) is 0 Å².